The van der Waals surface area contributed by atoms with Crippen LogP contribution in [-0.2, 0) is 16.4 Å². The van der Waals surface area contributed by atoms with Crippen LogP contribution in [0.5, 0.6) is 11.5 Å². The lowest BCUT2D eigenvalue weighted by atomic mass is 10.1. The molecule has 7 nitrogen and oxygen atoms in total. The molecular weight excluding hydrogens is 410 g/mol. The highest BCUT2D eigenvalue weighted by molar-refractivity contribution is 7.90. The number of sulfone groups is 1. The summed E-state index contributed by atoms with van der Waals surface area (Å²) in [5.74, 6) is 1.47. The van der Waals surface area contributed by atoms with E-state index in [-0.39, 0.29) is 11.7 Å². The van der Waals surface area contributed by atoms with Crippen LogP contribution in [0.15, 0.2) is 57.7 Å². The van der Waals surface area contributed by atoms with E-state index in [4.69, 9.17) is 20.2 Å². The molecule has 0 atom stereocenters. The number of nitrogens with two attached hydrogens (primary N) is 1. The maximum atomic E-state index is 11.7. The molecule has 1 aliphatic rings. The summed E-state index contributed by atoms with van der Waals surface area (Å²) >= 11 is 1.52. The van der Waals surface area contributed by atoms with Gasteiger partial charge in [0.15, 0.2) is 26.1 Å². The van der Waals surface area contributed by atoms with E-state index in [9.17, 15) is 8.42 Å². The second kappa shape index (κ2) is 8.02. The van der Waals surface area contributed by atoms with Crippen LogP contribution in [0.3, 0.4) is 0 Å². The van der Waals surface area contributed by atoms with E-state index in [1.165, 1.54) is 17.6 Å². The molecule has 0 radical (unpaired) electrons. The van der Waals surface area contributed by atoms with E-state index in [2.05, 4.69) is 9.95 Å². The molecule has 0 saturated heterocycles. The summed E-state index contributed by atoms with van der Waals surface area (Å²) in [6, 6.07) is 12.4. The molecule has 0 bridgehead atoms. The Balaban J connectivity index is 1.75. The predicted octanol–water partition coefficient (Wildman–Crippen LogP) is 2.93. The topological polar surface area (TPSA) is 95.9 Å². The van der Waals surface area contributed by atoms with Crippen molar-refractivity contribution in [2.75, 3.05) is 19.6 Å². The first-order valence-electron chi connectivity index (χ1n) is 9.09. The summed E-state index contributed by atoms with van der Waals surface area (Å²) in [5, 5.41) is 2.05. The molecule has 152 valence electrons. The third-order valence-corrected chi connectivity index (χ3v) is 6.53. The van der Waals surface area contributed by atoms with Crippen LogP contribution in [0.4, 0.5) is 5.69 Å². The molecule has 0 fully saturated rings. The number of benzene rings is 2. The average Bonchev–Trinajstić information content (AvgIpc) is 3.32. The predicted molar refractivity (Wildman–Crippen MR) is 112 cm³/mol. The minimum atomic E-state index is -3.23. The SMILES string of the molecule is CS(=O)(=O)c1ccc(/N=c2\scc(-c3ccc4c(c3)OCO4)n2CCCN)cc1. The molecule has 0 saturated carbocycles. The molecule has 2 N–H and O–H groups in total. The summed E-state index contributed by atoms with van der Waals surface area (Å²) in [5.41, 5.74) is 8.46. The van der Waals surface area contributed by atoms with Gasteiger partial charge in [-0.2, -0.15) is 0 Å². The van der Waals surface area contributed by atoms with Gasteiger partial charge in [-0.3, -0.25) is 0 Å². The molecule has 4 rings (SSSR count). The highest BCUT2D eigenvalue weighted by Gasteiger charge is 2.16. The van der Waals surface area contributed by atoms with Crippen molar-refractivity contribution in [2.45, 2.75) is 17.9 Å². The zero-order chi connectivity index (χ0) is 20.4. The Morgan fingerprint density at radius 2 is 1.90 bits per heavy atom. The minimum absolute atomic E-state index is 0.236. The van der Waals surface area contributed by atoms with Gasteiger partial charge in [0.1, 0.15) is 0 Å². The summed E-state index contributed by atoms with van der Waals surface area (Å²) in [4.78, 5) is 5.82. The van der Waals surface area contributed by atoms with Crippen LogP contribution in [0.2, 0.25) is 0 Å². The van der Waals surface area contributed by atoms with Gasteiger partial charge in [-0.05, 0) is 55.4 Å². The molecule has 2 heterocycles. The lowest BCUT2D eigenvalue weighted by Gasteiger charge is -2.09. The van der Waals surface area contributed by atoms with Gasteiger partial charge in [0, 0.05) is 23.7 Å². The van der Waals surface area contributed by atoms with E-state index >= 15 is 0 Å². The van der Waals surface area contributed by atoms with Gasteiger partial charge in [0.05, 0.1) is 16.3 Å². The fraction of sp³-hybridized carbons (Fsp3) is 0.250. The Morgan fingerprint density at radius 3 is 2.62 bits per heavy atom. The van der Waals surface area contributed by atoms with Crippen molar-refractivity contribution in [3.05, 3.63) is 52.6 Å². The van der Waals surface area contributed by atoms with E-state index < -0.39 is 9.84 Å². The Hall–Kier alpha value is -2.62. The van der Waals surface area contributed by atoms with Crippen molar-refractivity contribution >= 4 is 26.9 Å². The molecular formula is C20H21N3O4S2. The normalized spacial score (nSPS) is 13.8. The molecule has 29 heavy (non-hydrogen) atoms. The summed E-state index contributed by atoms with van der Waals surface area (Å²) in [6.07, 6.45) is 2.01. The van der Waals surface area contributed by atoms with Gasteiger partial charge in [0.2, 0.25) is 6.79 Å². The Kier molecular flexibility index (Phi) is 5.44. The maximum absolute atomic E-state index is 11.7. The molecule has 1 aromatic heterocycles. The number of fused-ring (bicyclic) bond motifs is 1. The standard InChI is InChI=1S/C20H21N3O4S2/c1-29(24,25)16-6-4-15(5-7-16)22-20-23(10-2-9-21)17(12-28-20)14-3-8-18-19(11-14)27-13-26-18/h3-8,11-12H,2,9-10,13,21H2,1H3/b22-20-. The van der Waals surface area contributed by atoms with Gasteiger partial charge in [-0.1, -0.05) is 0 Å². The van der Waals surface area contributed by atoms with Crippen molar-refractivity contribution in [3.63, 3.8) is 0 Å². The number of rotatable bonds is 6. The third-order valence-electron chi connectivity index (χ3n) is 4.54. The van der Waals surface area contributed by atoms with E-state index in [0.29, 0.717) is 12.2 Å². The van der Waals surface area contributed by atoms with Crippen molar-refractivity contribution in [1.29, 1.82) is 0 Å². The fourth-order valence-electron chi connectivity index (χ4n) is 3.05. The number of aromatic nitrogens is 1. The monoisotopic (exact) mass is 431 g/mol. The first-order valence-corrected chi connectivity index (χ1v) is 11.9. The van der Waals surface area contributed by atoms with Crippen molar-refractivity contribution in [1.82, 2.24) is 4.57 Å². The average molecular weight is 432 g/mol. The van der Waals surface area contributed by atoms with Crippen molar-refractivity contribution in [2.24, 2.45) is 10.7 Å². The van der Waals surface area contributed by atoms with Crippen LogP contribution in [0.1, 0.15) is 6.42 Å². The fourth-order valence-corrected chi connectivity index (χ4v) is 4.63. The molecule has 0 amide bonds. The van der Waals surface area contributed by atoms with Crippen LogP contribution >= 0.6 is 11.3 Å². The molecule has 2 aromatic carbocycles. The number of thiazole rings is 1. The molecule has 1 aliphatic heterocycles. The van der Waals surface area contributed by atoms with Crippen LogP contribution in [0, 0.1) is 0 Å². The van der Waals surface area contributed by atoms with E-state index in [1.807, 2.05) is 18.2 Å². The lowest BCUT2D eigenvalue weighted by Crippen LogP contribution is -2.18. The van der Waals surface area contributed by atoms with E-state index in [0.717, 1.165) is 40.5 Å². The molecule has 0 aliphatic carbocycles. The molecule has 9 heteroatoms. The number of nitrogens with zero attached hydrogens (tertiary/aromatic N) is 2. The Morgan fingerprint density at radius 1 is 1.14 bits per heavy atom. The largest absolute Gasteiger partial charge is 0.454 e. The molecule has 0 unspecified atom stereocenters. The van der Waals surface area contributed by atoms with Crippen LogP contribution in [-0.4, -0.2) is 32.6 Å². The number of hydrogen-bond donors (Lipinski definition) is 1. The minimum Gasteiger partial charge on any atom is -0.454 e. The summed E-state index contributed by atoms with van der Waals surface area (Å²) < 4.78 is 36.3. The second-order valence-corrected chi connectivity index (χ2v) is 9.50. The smallest absolute Gasteiger partial charge is 0.231 e. The van der Waals surface area contributed by atoms with Gasteiger partial charge in [0.25, 0.3) is 0 Å². The zero-order valence-electron chi connectivity index (χ0n) is 15.9. The van der Waals surface area contributed by atoms with Gasteiger partial charge in [-0.25, -0.2) is 13.4 Å². The molecule has 0 spiro atoms. The summed E-state index contributed by atoms with van der Waals surface area (Å²) in [7, 11) is -3.23. The first kappa shape index (κ1) is 19.7. The summed E-state index contributed by atoms with van der Waals surface area (Å²) in [6.45, 7) is 1.54. The lowest BCUT2D eigenvalue weighted by molar-refractivity contribution is 0.174. The van der Waals surface area contributed by atoms with Gasteiger partial charge in [-0.15, -0.1) is 11.3 Å². The van der Waals surface area contributed by atoms with Crippen LogP contribution in [0.25, 0.3) is 11.3 Å². The Bertz CT molecular complexity index is 1200. The second-order valence-electron chi connectivity index (χ2n) is 6.64. The number of hydrogen-bond acceptors (Lipinski definition) is 7. The quantitative estimate of drug-likeness (QED) is 0.647. The number of ether oxygens (including phenoxy) is 2. The van der Waals surface area contributed by atoms with E-state index in [1.54, 1.807) is 24.3 Å². The molecule has 3 aromatic rings. The Labute approximate surface area is 173 Å². The maximum Gasteiger partial charge on any atom is 0.231 e. The first-order chi connectivity index (χ1) is 14.0. The van der Waals surface area contributed by atoms with Crippen LogP contribution < -0.4 is 20.0 Å². The highest BCUT2D eigenvalue weighted by atomic mass is 32.2. The zero-order valence-corrected chi connectivity index (χ0v) is 17.5. The van der Waals surface area contributed by atoms with Crippen molar-refractivity contribution in [3.8, 4) is 22.8 Å². The van der Waals surface area contributed by atoms with Gasteiger partial charge >= 0.3 is 0 Å². The van der Waals surface area contributed by atoms with Gasteiger partial charge < -0.3 is 19.8 Å². The third kappa shape index (κ3) is 4.21. The highest BCUT2D eigenvalue weighted by Crippen LogP contribution is 2.36. The van der Waals surface area contributed by atoms with Crippen molar-refractivity contribution < 1.29 is 17.9 Å².